The molecule has 0 aromatic carbocycles. The maximum absolute atomic E-state index is 12.0. The zero-order valence-electron chi connectivity index (χ0n) is 13.1. The molecule has 0 saturated carbocycles. The molecule has 1 amide bonds. The van der Waals surface area contributed by atoms with E-state index in [4.69, 9.17) is 5.73 Å². The normalized spacial score (nSPS) is 12.2. The van der Waals surface area contributed by atoms with Crippen molar-refractivity contribution < 1.29 is 4.79 Å². The van der Waals surface area contributed by atoms with Crippen molar-refractivity contribution in [2.45, 2.75) is 78.6 Å². The number of rotatable bonds is 11. The number of amides is 1. The molecule has 19 heavy (non-hydrogen) atoms. The van der Waals surface area contributed by atoms with Crippen LogP contribution in [0.4, 0.5) is 0 Å². The van der Waals surface area contributed by atoms with Gasteiger partial charge in [0, 0.05) is 17.8 Å². The molecule has 0 unspecified atom stereocenters. The Hall–Kier alpha value is -0.990. The molecule has 3 nitrogen and oxygen atoms in total. The molecular weight excluding hydrogens is 236 g/mol. The molecule has 0 aliphatic rings. The maximum Gasteiger partial charge on any atom is 0.248 e. The van der Waals surface area contributed by atoms with E-state index in [1.165, 1.54) is 32.1 Å². The number of allylic oxidation sites excluding steroid dienone is 1. The first-order chi connectivity index (χ1) is 9.13. The van der Waals surface area contributed by atoms with E-state index in [1.54, 1.807) is 0 Å². The summed E-state index contributed by atoms with van der Waals surface area (Å²) in [6.07, 6.45) is 10.4. The van der Waals surface area contributed by atoms with Crippen LogP contribution in [0, 0.1) is 0 Å². The Morgan fingerprint density at radius 2 is 1.53 bits per heavy atom. The van der Waals surface area contributed by atoms with Gasteiger partial charge in [-0.2, -0.15) is 0 Å². The molecule has 0 rings (SSSR count). The third kappa shape index (κ3) is 9.57. The van der Waals surface area contributed by atoms with Crippen LogP contribution in [-0.4, -0.2) is 12.5 Å². The van der Waals surface area contributed by atoms with E-state index in [2.05, 4.69) is 19.2 Å². The number of nitrogens with two attached hydrogens (primary N) is 1. The molecule has 0 radical (unpaired) electrons. The van der Waals surface area contributed by atoms with E-state index in [1.807, 2.05) is 6.92 Å². The molecule has 0 bridgehead atoms. The van der Waals surface area contributed by atoms with Crippen LogP contribution in [-0.2, 0) is 4.79 Å². The third-order valence-corrected chi connectivity index (χ3v) is 3.35. The van der Waals surface area contributed by atoms with Crippen LogP contribution in [0.3, 0.4) is 0 Å². The summed E-state index contributed by atoms with van der Waals surface area (Å²) in [5.41, 5.74) is 7.28. The number of hydrogen-bond donors (Lipinski definition) is 2. The SMILES string of the molecule is CCCCCCCC/C(C(=O)NCCCC)=C(/C)N. The van der Waals surface area contributed by atoms with Gasteiger partial charge in [-0.1, -0.05) is 52.4 Å². The van der Waals surface area contributed by atoms with Crippen LogP contribution in [0.15, 0.2) is 11.3 Å². The van der Waals surface area contributed by atoms with Crippen LogP contribution in [0.2, 0.25) is 0 Å². The van der Waals surface area contributed by atoms with Crippen molar-refractivity contribution in [3.05, 3.63) is 11.3 Å². The van der Waals surface area contributed by atoms with Gasteiger partial charge in [0.2, 0.25) is 5.91 Å². The molecule has 0 aliphatic heterocycles. The molecule has 0 fully saturated rings. The second-order valence-electron chi connectivity index (χ2n) is 5.29. The van der Waals surface area contributed by atoms with Crippen LogP contribution < -0.4 is 11.1 Å². The van der Waals surface area contributed by atoms with Gasteiger partial charge in [0.15, 0.2) is 0 Å². The second kappa shape index (κ2) is 12.1. The van der Waals surface area contributed by atoms with Gasteiger partial charge in [0.1, 0.15) is 0 Å². The minimum Gasteiger partial charge on any atom is -0.402 e. The van der Waals surface area contributed by atoms with Crippen molar-refractivity contribution in [2.24, 2.45) is 5.73 Å². The summed E-state index contributed by atoms with van der Waals surface area (Å²) < 4.78 is 0. The molecule has 0 spiro atoms. The lowest BCUT2D eigenvalue weighted by Crippen LogP contribution is -2.27. The Morgan fingerprint density at radius 1 is 0.947 bits per heavy atom. The smallest absolute Gasteiger partial charge is 0.248 e. The second-order valence-corrected chi connectivity index (χ2v) is 5.29. The van der Waals surface area contributed by atoms with Crippen molar-refractivity contribution in [3.63, 3.8) is 0 Å². The van der Waals surface area contributed by atoms with Gasteiger partial charge in [-0.15, -0.1) is 0 Å². The predicted octanol–water partition coefficient (Wildman–Crippen LogP) is 3.89. The van der Waals surface area contributed by atoms with Crippen LogP contribution in [0.5, 0.6) is 0 Å². The monoisotopic (exact) mass is 268 g/mol. The number of hydrogen-bond acceptors (Lipinski definition) is 2. The van der Waals surface area contributed by atoms with E-state index in [9.17, 15) is 4.79 Å². The highest BCUT2D eigenvalue weighted by Crippen LogP contribution is 2.13. The highest BCUT2D eigenvalue weighted by Gasteiger charge is 2.10. The average Bonchev–Trinajstić information content (AvgIpc) is 2.37. The minimum atomic E-state index is 0.0296. The molecule has 0 heterocycles. The molecule has 0 aliphatic carbocycles. The van der Waals surface area contributed by atoms with E-state index < -0.39 is 0 Å². The summed E-state index contributed by atoms with van der Waals surface area (Å²) in [5, 5.41) is 2.95. The van der Waals surface area contributed by atoms with Gasteiger partial charge in [0.25, 0.3) is 0 Å². The van der Waals surface area contributed by atoms with Crippen molar-refractivity contribution >= 4 is 5.91 Å². The van der Waals surface area contributed by atoms with E-state index >= 15 is 0 Å². The Bertz CT molecular complexity index is 268. The first kappa shape index (κ1) is 18.0. The maximum atomic E-state index is 12.0. The van der Waals surface area contributed by atoms with Gasteiger partial charge in [-0.25, -0.2) is 0 Å². The summed E-state index contributed by atoms with van der Waals surface area (Å²) in [5.74, 6) is 0.0296. The van der Waals surface area contributed by atoms with Crippen LogP contribution in [0.25, 0.3) is 0 Å². The van der Waals surface area contributed by atoms with Crippen LogP contribution >= 0.6 is 0 Å². The lowest BCUT2D eigenvalue weighted by atomic mass is 10.0. The molecule has 112 valence electrons. The molecule has 0 aromatic rings. The predicted molar refractivity (Wildman–Crippen MR) is 82.8 cm³/mol. The molecule has 3 heteroatoms. The Kier molecular flexibility index (Phi) is 11.4. The van der Waals surface area contributed by atoms with E-state index in [-0.39, 0.29) is 5.91 Å². The van der Waals surface area contributed by atoms with Gasteiger partial charge in [0.05, 0.1) is 0 Å². The fourth-order valence-electron chi connectivity index (χ4n) is 2.06. The van der Waals surface area contributed by atoms with Gasteiger partial charge in [-0.05, 0) is 26.2 Å². The van der Waals surface area contributed by atoms with Gasteiger partial charge < -0.3 is 11.1 Å². The fraction of sp³-hybridized carbons (Fsp3) is 0.812. The number of unbranched alkanes of at least 4 members (excludes halogenated alkanes) is 6. The average molecular weight is 268 g/mol. The lowest BCUT2D eigenvalue weighted by Gasteiger charge is -2.10. The third-order valence-electron chi connectivity index (χ3n) is 3.35. The van der Waals surface area contributed by atoms with Crippen molar-refractivity contribution in [1.29, 1.82) is 0 Å². The van der Waals surface area contributed by atoms with Gasteiger partial charge in [-0.3, -0.25) is 4.79 Å². The highest BCUT2D eigenvalue weighted by atomic mass is 16.1. The summed E-state index contributed by atoms with van der Waals surface area (Å²) in [6.45, 7) is 6.92. The van der Waals surface area contributed by atoms with Gasteiger partial charge >= 0.3 is 0 Å². The lowest BCUT2D eigenvalue weighted by molar-refractivity contribution is -0.117. The Labute approximate surface area is 119 Å². The standard InChI is InChI=1S/C16H32N2O/c1-4-6-8-9-10-11-12-15(14(3)17)16(19)18-13-7-5-2/h4-13,17H2,1-3H3,(H,18,19)/b15-14+. The van der Waals surface area contributed by atoms with Crippen molar-refractivity contribution in [3.8, 4) is 0 Å². The zero-order chi connectivity index (χ0) is 14.5. The summed E-state index contributed by atoms with van der Waals surface area (Å²) in [7, 11) is 0. The summed E-state index contributed by atoms with van der Waals surface area (Å²) in [6, 6.07) is 0. The van der Waals surface area contributed by atoms with Crippen molar-refractivity contribution in [2.75, 3.05) is 6.54 Å². The fourth-order valence-corrected chi connectivity index (χ4v) is 2.06. The summed E-state index contributed by atoms with van der Waals surface area (Å²) >= 11 is 0. The highest BCUT2D eigenvalue weighted by molar-refractivity contribution is 5.93. The molecule has 3 N–H and O–H groups in total. The minimum absolute atomic E-state index is 0.0296. The number of nitrogens with one attached hydrogen (secondary N) is 1. The molecule has 0 saturated heterocycles. The first-order valence-corrected chi connectivity index (χ1v) is 7.86. The van der Waals surface area contributed by atoms with Crippen molar-refractivity contribution in [1.82, 2.24) is 5.32 Å². The molecular formula is C16H32N2O. The quantitative estimate of drug-likeness (QED) is 0.441. The number of carbonyl (C=O) groups is 1. The van der Waals surface area contributed by atoms with Crippen LogP contribution in [0.1, 0.15) is 78.6 Å². The Morgan fingerprint density at radius 3 is 2.11 bits per heavy atom. The first-order valence-electron chi connectivity index (χ1n) is 7.86. The Balaban J connectivity index is 3.94. The largest absolute Gasteiger partial charge is 0.402 e. The number of carbonyl (C=O) groups excluding carboxylic acids is 1. The zero-order valence-corrected chi connectivity index (χ0v) is 13.1. The van der Waals surface area contributed by atoms with E-state index in [0.29, 0.717) is 5.70 Å². The summed E-state index contributed by atoms with van der Waals surface area (Å²) in [4.78, 5) is 12.0. The van der Waals surface area contributed by atoms with E-state index in [0.717, 1.165) is 37.8 Å². The molecule has 0 aromatic heterocycles. The molecule has 0 atom stereocenters. The topological polar surface area (TPSA) is 55.1 Å².